The highest BCUT2D eigenvalue weighted by atomic mass is 16.5. The standard InChI is InChI=1S/C15H17NO2/c17-15-12-7-4-8-13(12)18-14(16-15)10-9-11-5-2-1-3-6-11/h1-3,5-6,9-10,12-14H,4,7-8H2,(H,16,17)/b10-9+/t12-,13+,14-/m1/s1. The lowest BCUT2D eigenvalue weighted by molar-refractivity contribution is -0.145. The minimum atomic E-state index is -0.281. The Labute approximate surface area is 107 Å². The van der Waals surface area contributed by atoms with E-state index in [9.17, 15) is 4.79 Å². The SMILES string of the molecule is O=C1N[C@@H](/C=C/c2ccccc2)O[C@H]2CCC[C@@H]12. The number of ether oxygens (including phenoxy) is 1. The Morgan fingerprint density at radius 2 is 2.06 bits per heavy atom. The maximum Gasteiger partial charge on any atom is 0.227 e. The largest absolute Gasteiger partial charge is 0.351 e. The monoisotopic (exact) mass is 243 g/mol. The summed E-state index contributed by atoms with van der Waals surface area (Å²) in [5.74, 6) is 0.220. The number of nitrogens with one attached hydrogen (secondary N) is 1. The third-order valence-corrected chi connectivity index (χ3v) is 3.66. The summed E-state index contributed by atoms with van der Waals surface area (Å²) in [6, 6.07) is 10.0. The van der Waals surface area contributed by atoms with Crippen molar-refractivity contribution in [1.82, 2.24) is 5.32 Å². The fourth-order valence-corrected chi connectivity index (χ4v) is 2.71. The maximum absolute atomic E-state index is 11.9. The molecule has 3 rings (SSSR count). The summed E-state index contributed by atoms with van der Waals surface area (Å²) in [5, 5.41) is 2.91. The first-order chi connectivity index (χ1) is 8.83. The molecule has 1 N–H and O–H groups in total. The van der Waals surface area contributed by atoms with Gasteiger partial charge in [0.15, 0.2) is 0 Å². The van der Waals surface area contributed by atoms with Crippen LogP contribution in [0.25, 0.3) is 6.08 Å². The van der Waals surface area contributed by atoms with Gasteiger partial charge in [0.2, 0.25) is 5.91 Å². The molecule has 0 spiro atoms. The maximum atomic E-state index is 11.9. The molecule has 1 amide bonds. The third-order valence-electron chi connectivity index (χ3n) is 3.66. The molecule has 94 valence electrons. The zero-order valence-corrected chi connectivity index (χ0v) is 10.2. The van der Waals surface area contributed by atoms with E-state index in [1.165, 1.54) is 0 Å². The van der Waals surface area contributed by atoms with E-state index >= 15 is 0 Å². The fourth-order valence-electron chi connectivity index (χ4n) is 2.71. The van der Waals surface area contributed by atoms with Crippen LogP contribution in [0.4, 0.5) is 0 Å². The van der Waals surface area contributed by atoms with Crippen LogP contribution in [0.2, 0.25) is 0 Å². The van der Waals surface area contributed by atoms with Crippen molar-refractivity contribution in [2.75, 3.05) is 0 Å². The molecule has 0 aromatic heterocycles. The van der Waals surface area contributed by atoms with E-state index in [0.29, 0.717) is 0 Å². The predicted molar refractivity (Wildman–Crippen MR) is 69.6 cm³/mol. The molecule has 3 atom stereocenters. The smallest absolute Gasteiger partial charge is 0.227 e. The van der Waals surface area contributed by atoms with Crippen molar-refractivity contribution >= 4 is 12.0 Å². The first-order valence-corrected chi connectivity index (χ1v) is 6.52. The lowest BCUT2D eigenvalue weighted by Crippen LogP contribution is -2.49. The van der Waals surface area contributed by atoms with E-state index < -0.39 is 0 Å². The van der Waals surface area contributed by atoms with Gasteiger partial charge >= 0.3 is 0 Å². The molecule has 1 aromatic rings. The molecule has 3 heteroatoms. The predicted octanol–water partition coefficient (Wildman–Crippen LogP) is 2.34. The number of fused-ring (bicyclic) bond motifs is 1. The molecular formula is C15H17NO2. The second-order valence-electron chi connectivity index (χ2n) is 4.91. The summed E-state index contributed by atoms with van der Waals surface area (Å²) in [6.07, 6.45) is 6.81. The molecule has 1 aromatic carbocycles. The number of carbonyl (C=O) groups excluding carboxylic acids is 1. The molecule has 3 nitrogen and oxygen atoms in total. The normalized spacial score (nSPS) is 31.3. The van der Waals surface area contributed by atoms with Crippen molar-refractivity contribution in [3.05, 3.63) is 42.0 Å². The van der Waals surface area contributed by atoms with Crippen LogP contribution in [0.1, 0.15) is 24.8 Å². The van der Waals surface area contributed by atoms with Crippen LogP contribution in [-0.4, -0.2) is 18.2 Å². The van der Waals surface area contributed by atoms with E-state index in [2.05, 4.69) is 5.32 Å². The zero-order chi connectivity index (χ0) is 12.4. The average molecular weight is 243 g/mol. The van der Waals surface area contributed by atoms with E-state index in [4.69, 9.17) is 4.74 Å². The molecule has 0 radical (unpaired) electrons. The van der Waals surface area contributed by atoms with Gasteiger partial charge in [-0.25, -0.2) is 0 Å². The van der Waals surface area contributed by atoms with Crippen molar-refractivity contribution in [2.45, 2.75) is 31.6 Å². The summed E-state index contributed by atoms with van der Waals surface area (Å²) in [5.41, 5.74) is 1.11. The molecule has 1 aliphatic carbocycles. The molecule has 1 heterocycles. The Kier molecular flexibility index (Phi) is 3.15. The zero-order valence-electron chi connectivity index (χ0n) is 10.2. The molecule has 1 saturated carbocycles. The van der Waals surface area contributed by atoms with Crippen molar-refractivity contribution in [3.63, 3.8) is 0 Å². The number of hydrogen-bond donors (Lipinski definition) is 1. The summed E-state index contributed by atoms with van der Waals surface area (Å²) >= 11 is 0. The van der Waals surface area contributed by atoms with Gasteiger partial charge in [-0.2, -0.15) is 0 Å². The Morgan fingerprint density at radius 3 is 2.89 bits per heavy atom. The second kappa shape index (κ2) is 4.94. The molecule has 2 aliphatic rings. The first-order valence-electron chi connectivity index (χ1n) is 6.52. The molecule has 18 heavy (non-hydrogen) atoms. The van der Waals surface area contributed by atoms with Gasteiger partial charge in [0, 0.05) is 0 Å². The first kappa shape index (κ1) is 11.5. The topological polar surface area (TPSA) is 38.3 Å². The van der Waals surface area contributed by atoms with Gasteiger partial charge < -0.3 is 10.1 Å². The quantitative estimate of drug-likeness (QED) is 0.865. The van der Waals surface area contributed by atoms with Crippen molar-refractivity contribution in [1.29, 1.82) is 0 Å². The van der Waals surface area contributed by atoms with Gasteiger partial charge in [-0.15, -0.1) is 0 Å². The van der Waals surface area contributed by atoms with Crippen LogP contribution in [0.5, 0.6) is 0 Å². The molecule has 2 fully saturated rings. The van der Waals surface area contributed by atoms with Gasteiger partial charge in [0.25, 0.3) is 0 Å². The summed E-state index contributed by atoms with van der Waals surface area (Å²) in [7, 11) is 0. The lowest BCUT2D eigenvalue weighted by Gasteiger charge is -2.31. The minimum Gasteiger partial charge on any atom is -0.351 e. The third kappa shape index (κ3) is 2.31. The molecule has 0 bridgehead atoms. The van der Waals surface area contributed by atoms with Crippen LogP contribution in [0.3, 0.4) is 0 Å². The fraction of sp³-hybridized carbons (Fsp3) is 0.400. The summed E-state index contributed by atoms with van der Waals surface area (Å²) < 4.78 is 5.88. The van der Waals surface area contributed by atoms with E-state index in [0.717, 1.165) is 24.8 Å². The van der Waals surface area contributed by atoms with E-state index in [1.54, 1.807) is 0 Å². The van der Waals surface area contributed by atoms with Crippen LogP contribution in [-0.2, 0) is 9.53 Å². The highest BCUT2D eigenvalue weighted by molar-refractivity contribution is 5.80. The molecular weight excluding hydrogens is 226 g/mol. The van der Waals surface area contributed by atoms with Gasteiger partial charge in [-0.1, -0.05) is 36.4 Å². The summed E-state index contributed by atoms with van der Waals surface area (Å²) in [4.78, 5) is 11.9. The highest BCUT2D eigenvalue weighted by Crippen LogP contribution is 2.32. The van der Waals surface area contributed by atoms with Gasteiger partial charge in [0.1, 0.15) is 6.23 Å². The summed E-state index contributed by atoms with van der Waals surface area (Å²) in [6.45, 7) is 0. The number of amides is 1. The molecule has 0 unspecified atom stereocenters. The van der Waals surface area contributed by atoms with Crippen LogP contribution in [0, 0.1) is 5.92 Å². The van der Waals surface area contributed by atoms with Gasteiger partial charge in [-0.3, -0.25) is 4.79 Å². The highest BCUT2D eigenvalue weighted by Gasteiger charge is 2.39. The van der Waals surface area contributed by atoms with Crippen LogP contribution < -0.4 is 5.32 Å². The Balaban J connectivity index is 1.67. The Morgan fingerprint density at radius 1 is 1.22 bits per heavy atom. The molecule has 1 aliphatic heterocycles. The Hall–Kier alpha value is -1.61. The van der Waals surface area contributed by atoms with Crippen LogP contribution >= 0.6 is 0 Å². The van der Waals surface area contributed by atoms with Gasteiger partial charge in [0.05, 0.1) is 12.0 Å². The minimum absolute atomic E-state index is 0.0753. The number of rotatable bonds is 2. The van der Waals surface area contributed by atoms with Gasteiger partial charge in [-0.05, 0) is 30.9 Å². The van der Waals surface area contributed by atoms with Crippen molar-refractivity contribution < 1.29 is 9.53 Å². The van der Waals surface area contributed by atoms with E-state index in [-0.39, 0.29) is 24.2 Å². The van der Waals surface area contributed by atoms with Crippen LogP contribution in [0.15, 0.2) is 36.4 Å². The average Bonchev–Trinajstić information content (AvgIpc) is 2.86. The number of benzene rings is 1. The number of hydrogen-bond acceptors (Lipinski definition) is 2. The Bertz CT molecular complexity index is 455. The van der Waals surface area contributed by atoms with Crippen molar-refractivity contribution in [3.8, 4) is 0 Å². The van der Waals surface area contributed by atoms with Crippen molar-refractivity contribution in [2.24, 2.45) is 5.92 Å². The van der Waals surface area contributed by atoms with E-state index in [1.807, 2.05) is 42.5 Å². The second-order valence-corrected chi connectivity index (χ2v) is 4.91. The number of carbonyl (C=O) groups is 1. The molecule has 1 saturated heterocycles. The lowest BCUT2D eigenvalue weighted by atomic mass is 10.0.